The molecule has 1 atom stereocenters. The monoisotopic (exact) mass is 352 g/mol. The molecule has 1 heterocycles. The van der Waals surface area contributed by atoms with Crippen molar-refractivity contribution < 1.29 is 19.6 Å². The maximum atomic E-state index is 12.3. The van der Waals surface area contributed by atoms with Crippen LogP contribution in [0.1, 0.15) is 51.5 Å². The molecule has 2 aromatic carbocycles. The van der Waals surface area contributed by atoms with Crippen molar-refractivity contribution in [3.8, 4) is 0 Å². The maximum absolute atomic E-state index is 12.3. The summed E-state index contributed by atoms with van der Waals surface area (Å²) in [5, 5.41) is 8.97. The lowest BCUT2D eigenvalue weighted by molar-refractivity contribution is -0.131. The van der Waals surface area contributed by atoms with E-state index in [1.807, 2.05) is 30.3 Å². The highest BCUT2D eigenvalue weighted by atomic mass is 16.5. The molecule has 3 amide bonds. The molecule has 0 saturated carbocycles. The van der Waals surface area contributed by atoms with Crippen LogP contribution in [0.15, 0.2) is 54.6 Å². The topological polar surface area (TPSA) is 86.7 Å². The molecule has 1 aliphatic heterocycles. The van der Waals surface area contributed by atoms with Gasteiger partial charge in [-0.25, -0.2) is 5.48 Å². The number of carbonyl (C=O) groups is 3. The Hall–Kier alpha value is -2.99. The molecule has 0 radical (unpaired) electrons. The van der Waals surface area contributed by atoms with E-state index in [1.54, 1.807) is 29.7 Å². The second kappa shape index (κ2) is 7.93. The Balaban J connectivity index is 1.57. The largest absolute Gasteiger partial charge is 0.289 e. The molecular formula is C20H20N2O4. The fourth-order valence-corrected chi connectivity index (χ4v) is 3.27. The zero-order chi connectivity index (χ0) is 18.5. The van der Waals surface area contributed by atoms with E-state index in [2.05, 4.69) is 0 Å². The van der Waals surface area contributed by atoms with Crippen molar-refractivity contribution in [1.82, 2.24) is 10.4 Å². The summed E-state index contributed by atoms with van der Waals surface area (Å²) in [4.78, 5) is 37.8. The first-order valence-electron chi connectivity index (χ1n) is 8.57. The van der Waals surface area contributed by atoms with Crippen LogP contribution in [-0.4, -0.2) is 34.4 Å². The lowest BCUT2D eigenvalue weighted by Gasteiger charge is -2.17. The van der Waals surface area contributed by atoms with Gasteiger partial charge in [0.2, 0.25) is 0 Å². The predicted molar refractivity (Wildman–Crippen MR) is 94.8 cm³/mol. The third-order valence-electron chi connectivity index (χ3n) is 4.63. The van der Waals surface area contributed by atoms with Crippen LogP contribution >= 0.6 is 0 Å². The Morgan fingerprint density at radius 2 is 1.50 bits per heavy atom. The average molecular weight is 352 g/mol. The molecule has 6 nitrogen and oxygen atoms in total. The minimum atomic E-state index is -0.469. The molecule has 134 valence electrons. The highest BCUT2D eigenvalue weighted by Crippen LogP contribution is 2.25. The SMILES string of the molecule is O=C(NO)C(CCCCN1C(=O)c2ccccc2C1=O)c1ccccc1. The average Bonchev–Trinajstić information content (AvgIpc) is 2.93. The fourth-order valence-electron chi connectivity index (χ4n) is 3.27. The number of nitrogens with zero attached hydrogens (tertiary/aromatic N) is 1. The molecule has 0 spiro atoms. The van der Waals surface area contributed by atoms with E-state index < -0.39 is 11.8 Å². The van der Waals surface area contributed by atoms with Gasteiger partial charge >= 0.3 is 0 Å². The Morgan fingerprint density at radius 1 is 0.923 bits per heavy atom. The van der Waals surface area contributed by atoms with Crippen LogP contribution in [-0.2, 0) is 4.79 Å². The van der Waals surface area contributed by atoms with Gasteiger partial charge < -0.3 is 0 Å². The normalized spacial score (nSPS) is 14.3. The van der Waals surface area contributed by atoms with Gasteiger partial charge in [-0.3, -0.25) is 24.5 Å². The molecule has 1 unspecified atom stereocenters. The number of fused-ring (bicyclic) bond motifs is 1. The molecule has 0 aromatic heterocycles. The van der Waals surface area contributed by atoms with Crippen molar-refractivity contribution in [2.24, 2.45) is 0 Å². The third kappa shape index (κ3) is 3.50. The van der Waals surface area contributed by atoms with E-state index in [9.17, 15) is 14.4 Å². The van der Waals surface area contributed by atoms with E-state index >= 15 is 0 Å². The van der Waals surface area contributed by atoms with Gasteiger partial charge in [-0.05, 0) is 30.5 Å². The van der Waals surface area contributed by atoms with E-state index in [0.717, 1.165) is 5.56 Å². The standard InChI is InChI=1S/C20H20N2O4/c23-18(21-26)15(14-8-2-1-3-9-14)10-6-7-13-22-19(24)16-11-4-5-12-17(16)20(22)25/h1-5,8-9,11-12,15,26H,6-7,10,13H2,(H,21,23). The number of unbranched alkanes of at least 4 members (excludes halogenated alkanes) is 1. The van der Waals surface area contributed by atoms with Gasteiger partial charge in [0.25, 0.3) is 17.7 Å². The summed E-state index contributed by atoms with van der Waals surface area (Å²) in [6.45, 7) is 0.314. The number of hydrogen-bond acceptors (Lipinski definition) is 4. The molecule has 0 saturated heterocycles. The van der Waals surface area contributed by atoms with E-state index in [-0.39, 0.29) is 11.8 Å². The lowest BCUT2D eigenvalue weighted by atomic mass is 9.93. The predicted octanol–water partition coefficient (Wildman–Crippen LogP) is 2.74. The first kappa shape index (κ1) is 17.8. The van der Waals surface area contributed by atoms with Crippen LogP contribution in [0.3, 0.4) is 0 Å². The molecule has 1 aliphatic rings. The molecule has 0 aliphatic carbocycles. The first-order valence-corrected chi connectivity index (χ1v) is 8.57. The van der Waals surface area contributed by atoms with Crippen LogP contribution in [0.4, 0.5) is 0 Å². The van der Waals surface area contributed by atoms with Crippen LogP contribution in [0, 0.1) is 0 Å². The molecule has 2 aromatic rings. The third-order valence-corrected chi connectivity index (χ3v) is 4.63. The summed E-state index contributed by atoms with van der Waals surface area (Å²) < 4.78 is 0. The summed E-state index contributed by atoms with van der Waals surface area (Å²) in [6, 6.07) is 16.0. The summed E-state index contributed by atoms with van der Waals surface area (Å²) >= 11 is 0. The highest BCUT2D eigenvalue weighted by Gasteiger charge is 2.34. The van der Waals surface area contributed by atoms with Crippen LogP contribution < -0.4 is 5.48 Å². The number of nitrogens with one attached hydrogen (secondary N) is 1. The molecule has 2 N–H and O–H groups in total. The number of amides is 3. The molecule has 26 heavy (non-hydrogen) atoms. The molecular weight excluding hydrogens is 332 g/mol. The maximum Gasteiger partial charge on any atom is 0.261 e. The highest BCUT2D eigenvalue weighted by molar-refractivity contribution is 6.21. The van der Waals surface area contributed by atoms with E-state index in [0.29, 0.717) is 36.9 Å². The first-order chi connectivity index (χ1) is 12.6. The Kier molecular flexibility index (Phi) is 5.43. The number of imide groups is 1. The zero-order valence-electron chi connectivity index (χ0n) is 14.2. The Labute approximate surface area is 151 Å². The summed E-state index contributed by atoms with van der Waals surface area (Å²) in [7, 11) is 0. The summed E-state index contributed by atoms with van der Waals surface area (Å²) in [5.74, 6) is -1.46. The summed E-state index contributed by atoms with van der Waals surface area (Å²) in [6.07, 6.45) is 1.74. The van der Waals surface area contributed by atoms with Gasteiger partial charge in [-0.2, -0.15) is 0 Å². The van der Waals surface area contributed by atoms with Crippen molar-refractivity contribution in [3.05, 3.63) is 71.3 Å². The molecule has 0 bridgehead atoms. The Bertz CT molecular complexity index is 785. The van der Waals surface area contributed by atoms with E-state index in [4.69, 9.17) is 5.21 Å². The molecule has 0 fully saturated rings. The number of hydrogen-bond donors (Lipinski definition) is 2. The number of rotatable bonds is 7. The van der Waals surface area contributed by atoms with Crippen LogP contribution in [0.5, 0.6) is 0 Å². The van der Waals surface area contributed by atoms with Gasteiger partial charge in [0.05, 0.1) is 17.0 Å². The van der Waals surface area contributed by atoms with Crippen LogP contribution in [0.25, 0.3) is 0 Å². The zero-order valence-corrected chi connectivity index (χ0v) is 14.2. The van der Waals surface area contributed by atoms with Gasteiger partial charge in [0, 0.05) is 6.54 Å². The number of hydroxylamine groups is 1. The number of carbonyl (C=O) groups excluding carboxylic acids is 3. The van der Waals surface area contributed by atoms with Crippen molar-refractivity contribution in [2.75, 3.05) is 6.54 Å². The molecule has 3 rings (SSSR count). The Morgan fingerprint density at radius 3 is 2.08 bits per heavy atom. The van der Waals surface area contributed by atoms with Gasteiger partial charge in [-0.1, -0.05) is 48.9 Å². The number of benzene rings is 2. The van der Waals surface area contributed by atoms with Gasteiger partial charge in [0.15, 0.2) is 0 Å². The molecule has 6 heteroatoms. The van der Waals surface area contributed by atoms with Gasteiger partial charge in [0.1, 0.15) is 0 Å². The van der Waals surface area contributed by atoms with Crippen molar-refractivity contribution in [1.29, 1.82) is 0 Å². The summed E-state index contributed by atoms with van der Waals surface area (Å²) in [5.41, 5.74) is 3.42. The van der Waals surface area contributed by atoms with Crippen LogP contribution in [0.2, 0.25) is 0 Å². The quantitative estimate of drug-likeness (QED) is 0.347. The lowest BCUT2D eigenvalue weighted by Crippen LogP contribution is -2.31. The second-order valence-corrected chi connectivity index (χ2v) is 6.24. The minimum Gasteiger partial charge on any atom is -0.289 e. The van der Waals surface area contributed by atoms with E-state index in [1.165, 1.54) is 4.90 Å². The van der Waals surface area contributed by atoms with Crippen molar-refractivity contribution in [3.63, 3.8) is 0 Å². The fraction of sp³-hybridized carbons (Fsp3) is 0.250. The minimum absolute atomic E-state index is 0.265. The van der Waals surface area contributed by atoms with Crippen molar-refractivity contribution >= 4 is 17.7 Å². The smallest absolute Gasteiger partial charge is 0.261 e. The second-order valence-electron chi connectivity index (χ2n) is 6.24. The van der Waals surface area contributed by atoms with Crippen molar-refractivity contribution in [2.45, 2.75) is 25.2 Å². The van der Waals surface area contributed by atoms with Gasteiger partial charge in [-0.15, -0.1) is 0 Å².